The van der Waals surface area contributed by atoms with Gasteiger partial charge < -0.3 is 5.11 Å². The summed E-state index contributed by atoms with van der Waals surface area (Å²) < 4.78 is 0. The van der Waals surface area contributed by atoms with Crippen LogP contribution >= 0.6 is 0 Å². The van der Waals surface area contributed by atoms with Crippen LogP contribution in [0.4, 0.5) is 0 Å². The molecule has 2 nitrogen and oxygen atoms in total. The number of nitrogens with zero attached hydrogens (tertiary/aromatic N) is 1. The van der Waals surface area contributed by atoms with Gasteiger partial charge in [-0.2, -0.15) is 0 Å². The maximum absolute atomic E-state index is 9.79. The molecule has 0 spiro atoms. The smallest absolute Gasteiger partial charge is 0.123 e. The zero-order valence-corrected chi connectivity index (χ0v) is 8.86. The molecular formula is C13H13NO. The van der Waals surface area contributed by atoms with Crippen LogP contribution in [0.15, 0.2) is 36.7 Å². The largest absolute Gasteiger partial charge is 0.507 e. The highest BCUT2D eigenvalue weighted by molar-refractivity contribution is 5.72. The highest BCUT2D eigenvalue weighted by Crippen LogP contribution is 2.31. The summed E-state index contributed by atoms with van der Waals surface area (Å²) >= 11 is 0. The summed E-state index contributed by atoms with van der Waals surface area (Å²) in [5.74, 6) is 0.315. The van der Waals surface area contributed by atoms with E-state index < -0.39 is 0 Å². The molecule has 0 radical (unpaired) electrons. The molecule has 2 rings (SSSR count). The van der Waals surface area contributed by atoms with Crippen LogP contribution < -0.4 is 0 Å². The highest BCUT2D eigenvalue weighted by Gasteiger charge is 2.06. The van der Waals surface area contributed by atoms with Crippen LogP contribution in [0.25, 0.3) is 11.1 Å². The van der Waals surface area contributed by atoms with Crippen LogP contribution in [0.5, 0.6) is 5.75 Å². The lowest BCUT2D eigenvalue weighted by Gasteiger charge is -2.08. The normalized spacial score (nSPS) is 10.3. The van der Waals surface area contributed by atoms with Gasteiger partial charge in [0, 0.05) is 18.0 Å². The number of phenols is 1. The lowest BCUT2D eigenvalue weighted by molar-refractivity contribution is 0.477. The quantitative estimate of drug-likeness (QED) is 0.765. The Bertz CT molecular complexity index is 492. The number of hydrogen-bond acceptors (Lipinski definition) is 2. The number of aryl methyl sites for hydroxylation is 2. The van der Waals surface area contributed by atoms with Gasteiger partial charge in [0.25, 0.3) is 0 Å². The molecular weight excluding hydrogens is 186 g/mol. The Hall–Kier alpha value is -1.83. The second-order valence-corrected chi connectivity index (χ2v) is 3.71. The molecule has 0 saturated carbocycles. The van der Waals surface area contributed by atoms with Crippen molar-refractivity contribution < 1.29 is 5.11 Å². The number of benzene rings is 1. The number of phenolic OH excluding ortho intramolecular Hbond substituents is 1. The Labute approximate surface area is 89.2 Å². The van der Waals surface area contributed by atoms with Gasteiger partial charge >= 0.3 is 0 Å². The van der Waals surface area contributed by atoms with Crippen LogP contribution in [0.1, 0.15) is 11.1 Å². The monoisotopic (exact) mass is 199 g/mol. The third-order valence-electron chi connectivity index (χ3n) is 2.46. The third-order valence-corrected chi connectivity index (χ3v) is 2.46. The predicted molar refractivity (Wildman–Crippen MR) is 60.8 cm³/mol. The topological polar surface area (TPSA) is 33.1 Å². The van der Waals surface area contributed by atoms with E-state index in [0.29, 0.717) is 5.75 Å². The maximum Gasteiger partial charge on any atom is 0.123 e. The van der Waals surface area contributed by atoms with Gasteiger partial charge in [-0.1, -0.05) is 11.6 Å². The molecule has 1 aromatic heterocycles. The fraction of sp³-hybridized carbons (Fsp3) is 0.154. The lowest BCUT2D eigenvalue weighted by Crippen LogP contribution is -1.86. The summed E-state index contributed by atoms with van der Waals surface area (Å²) in [5.41, 5.74) is 4.11. The molecule has 2 aromatic rings. The molecule has 0 bridgehead atoms. The van der Waals surface area contributed by atoms with Crippen molar-refractivity contribution in [3.05, 3.63) is 47.8 Å². The first-order valence-corrected chi connectivity index (χ1v) is 4.89. The predicted octanol–water partition coefficient (Wildman–Crippen LogP) is 3.07. The second kappa shape index (κ2) is 3.73. The van der Waals surface area contributed by atoms with E-state index in [1.54, 1.807) is 18.5 Å². The number of aromatic nitrogens is 1. The molecule has 0 saturated heterocycles. The van der Waals surface area contributed by atoms with Gasteiger partial charge in [0.05, 0.1) is 0 Å². The molecule has 1 aromatic carbocycles. The van der Waals surface area contributed by atoms with Crippen LogP contribution in [0, 0.1) is 13.8 Å². The Morgan fingerprint density at radius 3 is 2.60 bits per heavy atom. The van der Waals surface area contributed by atoms with Crippen molar-refractivity contribution >= 4 is 0 Å². The van der Waals surface area contributed by atoms with Crippen molar-refractivity contribution in [2.75, 3.05) is 0 Å². The van der Waals surface area contributed by atoms with E-state index in [-0.39, 0.29) is 0 Å². The zero-order valence-electron chi connectivity index (χ0n) is 8.86. The van der Waals surface area contributed by atoms with Crippen molar-refractivity contribution in [3.63, 3.8) is 0 Å². The van der Waals surface area contributed by atoms with Gasteiger partial charge in [-0.25, -0.2) is 0 Å². The molecule has 15 heavy (non-hydrogen) atoms. The molecule has 1 N–H and O–H groups in total. The van der Waals surface area contributed by atoms with E-state index in [1.165, 1.54) is 0 Å². The van der Waals surface area contributed by atoms with E-state index in [9.17, 15) is 5.11 Å². The molecule has 76 valence electrons. The van der Waals surface area contributed by atoms with Gasteiger partial charge in [-0.05, 0) is 43.2 Å². The molecule has 0 aliphatic heterocycles. The minimum absolute atomic E-state index is 0.315. The first-order chi connectivity index (χ1) is 7.18. The van der Waals surface area contributed by atoms with Gasteiger partial charge in [-0.15, -0.1) is 0 Å². The number of hydrogen-bond donors (Lipinski definition) is 1. The van der Waals surface area contributed by atoms with Gasteiger partial charge in [-0.3, -0.25) is 4.98 Å². The van der Waals surface area contributed by atoms with Crippen LogP contribution in [0.2, 0.25) is 0 Å². The van der Waals surface area contributed by atoms with Crippen LogP contribution in [0.3, 0.4) is 0 Å². The summed E-state index contributed by atoms with van der Waals surface area (Å²) in [6.45, 7) is 4.00. The minimum atomic E-state index is 0.315. The average Bonchev–Trinajstić information content (AvgIpc) is 2.23. The van der Waals surface area contributed by atoms with Crippen molar-refractivity contribution in [2.45, 2.75) is 13.8 Å². The van der Waals surface area contributed by atoms with E-state index in [1.807, 2.05) is 32.0 Å². The molecule has 1 heterocycles. The minimum Gasteiger partial charge on any atom is -0.507 e. The van der Waals surface area contributed by atoms with E-state index in [0.717, 1.165) is 22.3 Å². The summed E-state index contributed by atoms with van der Waals surface area (Å²) in [4.78, 5) is 4.04. The van der Waals surface area contributed by atoms with E-state index in [4.69, 9.17) is 0 Å². The highest BCUT2D eigenvalue weighted by atomic mass is 16.3. The van der Waals surface area contributed by atoms with Crippen LogP contribution in [-0.2, 0) is 0 Å². The Balaban J connectivity index is 2.64. The first-order valence-electron chi connectivity index (χ1n) is 4.89. The number of pyridine rings is 1. The average molecular weight is 199 g/mol. The molecule has 0 amide bonds. The third kappa shape index (κ3) is 1.84. The maximum atomic E-state index is 9.79. The fourth-order valence-corrected chi connectivity index (χ4v) is 1.64. The molecule has 0 aliphatic carbocycles. The Kier molecular flexibility index (Phi) is 2.42. The standard InChI is InChI=1S/C13H13NO/c1-9-3-4-13(15)12(7-9)11-5-6-14-8-10(11)2/h3-8,15H,1-2H3. The Morgan fingerprint density at radius 2 is 1.87 bits per heavy atom. The van der Waals surface area contributed by atoms with E-state index in [2.05, 4.69) is 4.98 Å². The second-order valence-electron chi connectivity index (χ2n) is 3.71. The zero-order chi connectivity index (χ0) is 10.8. The van der Waals surface area contributed by atoms with Gasteiger partial charge in [0.15, 0.2) is 0 Å². The molecule has 0 fully saturated rings. The summed E-state index contributed by atoms with van der Waals surface area (Å²) in [5, 5.41) is 9.79. The van der Waals surface area contributed by atoms with Crippen molar-refractivity contribution in [3.8, 4) is 16.9 Å². The molecule has 0 aliphatic rings. The van der Waals surface area contributed by atoms with Crippen LogP contribution in [-0.4, -0.2) is 10.1 Å². The molecule has 2 heteroatoms. The van der Waals surface area contributed by atoms with Crippen molar-refractivity contribution in [1.29, 1.82) is 0 Å². The number of aromatic hydroxyl groups is 1. The van der Waals surface area contributed by atoms with E-state index >= 15 is 0 Å². The lowest BCUT2D eigenvalue weighted by atomic mass is 10.00. The first kappa shape index (κ1) is 9.71. The fourth-order valence-electron chi connectivity index (χ4n) is 1.64. The Morgan fingerprint density at radius 1 is 1.07 bits per heavy atom. The van der Waals surface area contributed by atoms with Crippen molar-refractivity contribution in [2.24, 2.45) is 0 Å². The molecule has 0 unspecified atom stereocenters. The van der Waals surface area contributed by atoms with Gasteiger partial charge in [0.2, 0.25) is 0 Å². The number of rotatable bonds is 1. The van der Waals surface area contributed by atoms with Gasteiger partial charge in [0.1, 0.15) is 5.75 Å². The SMILES string of the molecule is Cc1ccc(O)c(-c2ccncc2C)c1. The summed E-state index contributed by atoms with van der Waals surface area (Å²) in [6, 6.07) is 7.53. The van der Waals surface area contributed by atoms with Crippen molar-refractivity contribution in [1.82, 2.24) is 4.98 Å². The summed E-state index contributed by atoms with van der Waals surface area (Å²) in [7, 11) is 0. The molecule has 0 atom stereocenters. The summed E-state index contributed by atoms with van der Waals surface area (Å²) in [6.07, 6.45) is 3.54.